The van der Waals surface area contributed by atoms with Crippen molar-refractivity contribution in [3.05, 3.63) is 23.3 Å². The predicted octanol–water partition coefficient (Wildman–Crippen LogP) is 4.65. The molecule has 0 N–H and O–H groups in total. The highest BCUT2D eigenvalue weighted by Gasteiger charge is 2.21. The number of rotatable bonds is 7. The summed E-state index contributed by atoms with van der Waals surface area (Å²) >= 11 is 5.78. The first kappa shape index (κ1) is 17.6. The van der Waals surface area contributed by atoms with E-state index in [-0.39, 0.29) is 0 Å². The third kappa shape index (κ3) is 9.62. The SMILES string of the molecule is CCO/C(=C/C(=C/Cl)O[Si](C)(C)C)O[Si](C)(C)C. The summed E-state index contributed by atoms with van der Waals surface area (Å²) in [6.45, 7) is 15.1. The minimum Gasteiger partial charge on any atom is -0.544 e. The lowest BCUT2D eigenvalue weighted by molar-refractivity contribution is 0.111. The van der Waals surface area contributed by atoms with Crippen molar-refractivity contribution in [1.29, 1.82) is 0 Å². The molecule has 0 aromatic rings. The molecule has 0 rings (SSSR count). The smallest absolute Gasteiger partial charge is 0.269 e. The summed E-state index contributed by atoms with van der Waals surface area (Å²) in [5.74, 6) is 1.08. The number of allylic oxidation sites excluding steroid dienone is 1. The van der Waals surface area contributed by atoms with E-state index >= 15 is 0 Å². The highest BCUT2D eigenvalue weighted by atomic mass is 35.5. The molecule has 0 spiro atoms. The van der Waals surface area contributed by atoms with Gasteiger partial charge in [-0.25, -0.2) is 0 Å². The highest BCUT2D eigenvalue weighted by Crippen LogP contribution is 2.18. The summed E-state index contributed by atoms with van der Waals surface area (Å²) in [7, 11) is -3.39. The van der Waals surface area contributed by atoms with E-state index in [2.05, 4.69) is 39.3 Å². The van der Waals surface area contributed by atoms with Gasteiger partial charge in [0.15, 0.2) is 0 Å². The first-order valence-electron chi connectivity index (χ1n) is 6.10. The molecule has 0 bridgehead atoms. The van der Waals surface area contributed by atoms with Gasteiger partial charge < -0.3 is 13.6 Å². The molecule has 0 atom stereocenters. The maximum Gasteiger partial charge on any atom is 0.269 e. The Bertz CT molecular complexity index is 314. The van der Waals surface area contributed by atoms with Gasteiger partial charge in [0, 0.05) is 5.54 Å². The summed E-state index contributed by atoms with van der Waals surface area (Å²) in [6.07, 6.45) is 1.73. The molecule has 0 unspecified atom stereocenters. The largest absolute Gasteiger partial charge is 0.544 e. The molecule has 0 fully saturated rings. The van der Waals surface area contributed by atoms with Gasteiger partial charge in [-0.15, -0.1) is 0 Å². The Morgan fingerprint density at radius 1 is 1.00 bits per heavy atom. The van der Waals surface area contributed by atoms with Crippen molar-refractivity contribution < 1.29 is 13.6 Å². The van der Waals surface area contributed by atoms with Crippen molar-refractivity contribution in [3.8, 4) is 0 Å². The van der Waals surface area contributed by atoms with Crippen molar-refractivity contribution in [2.75, 3.05) is 6.61 Å². The van der Waals surface area contributed by atoms with Gasteiger partial charge in [0.2, 0.25) is 16.6 Å². The summed E-state index contributed by atoms with van der Waals surface area (Å²) < 4.78 is 17.1. The van der Waals surface area contributed by atoms with E-state index in [1.54, 1.807) is 6.08 Å². The average molecular weight is 309 g/mol. The van der Waals surface area contributed by atoms with Crippen LogP contribution in [0.4, 0.5) is 0 Å². The first-order valence-corrected chi connectivity index (χ1v) is 13.4. The first-order chi connectivity index (χ1) is 8.07. The van der Waals surface area contributed by atoms with Crippen LogP contribution in [-0.2, 0) is 13.6 Å². The van der Waals surface area contributed by atoms with Gasteiger partial charge in [-0.1, -0.05) is 11.6 Å². The van der Waals surface area contributed by atoms with Crippen molar-refractivity contribution in [3.63, 3.8) is 0 Å². The van der Waals surface area contributed by atoms with Crippen molar-refractivity contribution in [2.45, 2.75) is 46.2 Å². The molecule has 0 aliphatic heterocycles. The minimum atomic E-state index is -1.70. The van der Waals surface area contributed by atoms with Crippen LogP contribution in [0.15, 0.2) is 23.3 Å². The van der Waals surface area contributed by atoms with Crippen molar-refractivity contribution >= 4 is 28.2 Å². The second kappa shape index (κ2) is 7.26. The van der Waals surface area contributed by atoms with Crippen LogP contribution >= 0.6 is 11.6 Å². The van der Waals surface area contributed by atoms with E-state index in [0.717, 1.165) is 0 Å². The molecule has 0 aromatic carbocycles. The van der Waals surface area contributed by atoms with E-state index in [0.29, 0.717) is 18.3 Å². The topological polar surface area (TPSA) is 27.7 Å². The molecule has 6 heteroatoms. The zero-order valence-corrected chi connectivity index (χ0v) is 15.2. The third-order valence-electron chi connectivity index (χ3n) is 1.49. The van der Waals surface area contributed by atoms with Crippen LogP contribution in [0.5, 0.6) is 0 Å². The Morgan fingerprint density at radius 3 is 1.83 bits per heavy atom. The predicted molar refractivity (Wildman–Crippen MR) is 82.5 cm³/mol. The highest BCUT2D eigenvalue weighted by molar-refractivity contribution is 6.70. The molecule has 0 heterocycles. The van der Waals surface area contributed by atoms with Gasteiger partial charge in [-0.05, 0) is 46.2 Å². The molecular weight excluding hydrogens is 284 g/mol. The fourth-order valence-electron chi connectivity index (χ4n) is 1.10. The molecule has 106 valence electrons. The molecule has 18 heavy (non-hydrogen) atoms. The Morgan fingerprint density at radius 2 is 1.50 bits per heavy atom. The Labute approximate surface area is 118 Å². The van der Waals surface area contributed by atoms with Crippen LogP contribution in [0.2, 0.25) is 39.3 Å². The Balaban J connectivity index is 4.91. The zero-order valence-electron chi connectivity index (χ0n) is 12.5. The average Bonchev–Trinajstić information content (AvgIpc) is 2.12. The van der Waals surface area contributed by atoms with Crippen molar-refractivity contribution in [1.82, 2.24) is 0 Å². The second-order valence-corrected chi connectivity index (χ2v) is 14.9. The minimum absolute atomic E-state index is 0.488. The molecule has 3 nitrogen and oxygen atoms in total. The molecule has 0 saturated carbocycles. The third-order valence-corrected chi connectivity index (χ3v) is 3.36. The van der Waals surface area contributed by atoms with Crippen LogP contribution in [0.1, 0.15) is 6.92 Å². The molecule has 0 saturated heterocycles. The summed E-state index contributed by atoms with van der Waals surface area (Å²) in [6, 6.07) is 0. The van der Waals surface area contributed by atoms with E-state index in [4.69, 9.17) is 25.2 Å². The quantitative estimate of drug-likeness (QED) is 0.389. The van der Waals surface area contributed by atoms with Crippen LogP contribution in [0.25, 0.3) is 0 Å². The fraction of sp³-hybridized carbons (Fsp3) is 0.667. The molecule has 0 aliphatic carbocycles. The van der Waals surface area contributed by atoms with E-state index < -0.39 is 16.6 Å². The van der Waals surface area contributed by atoms with Gasteiger partial charge in [0.05, 0.1) is 12.7 Å². The molecule has 0 amide bonds. The molecule has 0 aromatic heterocycles. The van der Waals surface area contributed by atoms with Gasteiger partial charge in [0.1, 0.15) is 5.76 Å². The van der Waals surface area contributed by atoms with Gasteiger partial charge in [-0.2, -0.15) is 0 Å². The van der Waals surface area contributed by atoms with Crippen LogP contribution in [0, 0.1) is 0 Å². The number of halogens is 1. The van der Waals surface area contributed by atoms with Gasteiger partial charge in [-0.3, -0.25) is 0 Å². The normalized spacial score (nSPS) is 14.4. The monoisotopic (exact) mass is 308 g/mol. The lowest BCUT2D eigenvalue weighted by atomic mass is 10.5. The molecule has 0 aliphatic rings. The molecular formula is C12H25ClO3Si2. The van der Waals surface area contributed by atoms with Crippen LogP contribution < -0.4 is 0 Å². The Hall–Kier alpha value is -0.396. The van der Waals surface area contributed by atoms with Crippen LogP contribution in [-0.4, -0.2) is 23.2 Å². The fourth-order valence-corrected chi connectivity index (χ4v) is 2.83. The standard InChI is InChI=1S/C12H25ClO3Si2/c1-8-14-12(16-18(5,6)7)9-11(10-13)15-17(2,3)4/h9-10H,8H2,1-7H3/b11-10-,12-9-. The maximum atomic E-state index is 5.84. The Kier molecular flexibility index (Phi) is 7.10. The number of ether oxygens (including phenoxy) is 1. The van der Waals surface area contributed by atoms with Crippen LogP contribution in [0.3, 0.4) is 0 Å². The lowest BCUT2D eigenvalue weighted by Gasteiger charge is -2.23. The van der Waals surface area contributed by atoms with Gasteiger partial charge in [0.25, 0.3) is 5.95 Å². The van der Waals surface area contributed by atoms with Gasteiger partial charge >= 0.3 is 0 Å². The summed E-state index contributed by atoms with van der Waals surface area (Å²) in [5.41, 5.74) is 1.42. The summed E-state index contributed by atoms with van der Waals surface area (Å²) in [5, 5.41) is 0. The van der Waals surface area contributed by atoms with E-state index in [1.807, 2.05) is 6.92 Å². The van der Waals surface area contributed by atoms with E-state index in [1.165, 1.54) is 5.54 Å². The second-order valence-electron chi connectivity index (χ2n) is 5.84. The number of hydrogen-bond donors (Lipinski definition) is 0. The zero-order chi connectivity index (χ0) is 14.4. The summed E-state index contributed by atoms with van der Waals surface area (Å²) in [4.78, 5) is 0. The lowest BCUT2D eigenvalue weighted by Crippen LogP contribution is -2.27. The number of hydrogen-bond acceptors (Lipinski definition) is 3. The molecule has 0 radical (unpaired) electrons. The van der Waals surface area contributed by atoms with Crippen molar-refractivity contribution in [2.24, 2.45) is 0 Å². The maximum absolute atomic E-state index is 5.84. The van der Waals surface area contributed by atoms with E-state index in [9.17, 15) is 0 Å².